The number of aromatic nitrogens is 1. The summed E-state index contributed by atoms with van der Waals surface area (Å²) in [5, 5.41) is 11.7. The molecule has 0 spiro atoms. The van der Waals surface area contributed by atoms with Crippen LogP contribution in [0.5, 0.6) is 0 Å². The lowest BCUT2D eigenvalue weighted by atomic mass is 10.3. The molecule has 1 saturated carbocycles. The van der Waals surface area contributed by atoms with Gasteiger partial charge in [-0.2, -0.15) is 0 Å². The zero-order valence-electron chi connectivity index (χ0n) is 7.44. The van der Waals surface area contributed by atoms with E-state index in [0.717, 1.165) is 3.79 Å². The van der Waals surface area contributed by atoms with Gasteiger partial charge in [0.05, 0.1) is 21.8 Å². The van der Waals surface area contributed by atoms with E-state index in [1.807, 2.05) is 0 Å². The molecule has 80 valence electrons. The van der Waals surface area contributed by atoms with E-state index in [0.29, 0.717) is 11.6 Å². The van der Waals surface area contributed by atoms with E-state index >= 15 is 0 Å². The highest BCUT2D eigenvalue weighted by molar-refractivity contribution is 9.11. The third-order valence-corrected chi connectivity index (χ3v) is 3.54. The number of aliphatic carboxylic acids is 1. The van der Waals surface area contributed by atoms with Gasteiger partial charge in [-0.3, -0.25) is 9.59 Å². The first-order valence-corrected chi connectivity index (χ1v) is 5.84. The monoisotopic (exact) mass is 290 g/mol. The number of rotatable bonds is 3. The summed E-state index contributed by atoms with van der Waals surface area (Å²) >= 11 is 4.52. The van der Waals surface area contributed by atoms with Gasteiger partial charge in [0.1, 0.15) is 0 Å². The Labute approximate surface area is 97.6 Å². The predicted octanol–water partition coefficient (Wildman–Crippen LogP) is 1.56. The van der Waals surface area contributed by atoms with Crippen molar-refractivity contribution < 1.29 is 14.7 Å². The maximum Gasteiger partial charge on any atom is 0.307 e. The van der Waals surface area contributed by atoms with Crippen molar-refractivity contribution in [1.82, 2.24) is 4.98 Å². The minimum atomic E-state index is -0.907. The lowest BCUT2D eigenvalue weighted by Gasteiger charge is -1.98. The maximum atomic E-state index is 11.5. The number of nitrogens with one attached hydrogen (secondary N) is 1. The van der Waals surface area contributed by atoms with Gasteiger partial charge in [0.2, 0.25) is 5.91 Å². The van der Waals surface area contributed by atoms with Gasteiger partial charge < -0.3 is 10.4 Å². The number of nitrogens with zero attached hydrogens (tertiary/aromatic N) is 1. The second kappa shape index (κ2) is 3.90. The zero-order chi connectivity index (χ0) is 11.0. The Morgan fingerprint density at radius 1 is 1.60 bits per heavy atom. The summed E-state index contributed by atoms with van der Waals surface area (Å²) in [5.41, 5.74) is 0. The molecule has 1 heterocycles. The van der Waals surface area contributed by atoms with Gasteiger partial charge in [-0.05, 0) is 22.4 Å². The fraction of sp³-hybridized carbons (Fsp3) is 0.375. The predicted molar refractivity (Wildman–Crippen MR) is 57.7 cm³/mol. The summed E-state index contributed by atoms with van der Waals surface area (Å²) < 4.78 is 0.823. The van der Waals surface area contributed by atoms with E-state index in [2.05, 4.69) is 26.2 Å². The standard InChI is InChI=1S/C8H7BrN2O3S/c9-5-2-10-8(15-5)11-6(12)3-1-4(3)7(13)14/h2-4H,1H2,(H,13,14)(H,10,11,12). The Kier molecular flexibility index (Phi) is 2.74. The van der Waals surface area contributed by atoms with Gasteiger partial charge in [0.25, 0.3) is 0 Å². The van der Waals surface area contributed by atoms with Gasteiger partial charge in [0, 0.05) is 0 Å². The molecule has 0 saturated heterocycles. The second-order valence-corrected chi connectivity index (χ2v) is 5.66. The number of carbonyl (C=O) groups excluding carboxylic acids is 1. The van der Waals surface area contributed by atoms with Crippen molar-refractivity contribution >= 4 is 44.3 Å². The van der Waals surface area contributed by atoms with Crippen LogP contribution in [0.25, 0.3) is 0 Å². The van der Waals surface area contributed by atoms with Crippen LogP contribution < -0.4 is 5.32 Å². The lowest BCUT2D eigenvalue weighted by molar-refractivity contribution is -0.139. The van der Waals surface area contributed by atoms with E-state index in [-0.39, 0.29) is 5.91 Å². The van der Waals surface area contributed by atoms with E-state index in [1.54, 1.807) is 6.20 Å². The molecule has 0 radical (unpaired) electrons. The molecule has 2 N–H and O–H groups in total. The summed E-state index contributed by atoms with van der Waals surface area (Å²) in [4.78, 5) is 25.9. The van der Waals surface area contributed by atoms with Gasteiger partial charge in [0.15, 0.2) is 5.13 Å². The normalized spacial score (nSPS) is 23.5. The Balaban J connectivity index is 1.92. The van der Waals surface area contributed by atoms with Crippen LogP contribution in [0.1, 0.15) is 6.42 Å². The summed E-state index contributed by atoms with van der Waals surface area (Å²) in [5.74, 6) is -2.08. The molecule has 1 aromatic rings. The number of anilines is 1. The molecule has 2 atom stereocenters. The fourth-order valence-corrected chi connectivity index (χ4v) is 2.38. The van der Waals surface area contributed by atoms with E-state index < -0.39 is 17.8 Å². The molecule has 1 aliphatic carbocycles. The van der Waals surface area contributed by atoms with Crippen LogP contribution in [0.2, 0.25) is 0 Å². The van der Waals surface area contributed by atoms with Crippen LogP contribution in [-0.2, 0) is 9.59 Å². The number of carbonyl (C=O) groups is 2. The van der Waals surface area contributed by atoms with E-state index in [1.165, 1.54) is 11.3 Å². The summed E-state index contributed by atoms with van der Waals surface area (Å²) in [7, 11) is 0. The number of thiazole rings is 1. The van der Waals surface area contributed by atoms with Crippen LogP contribution in [0, 0.1) is 11.8 Å². The first-order valence-electron chi connectivity index (χ1n) is 4.23. The number of hydrogen-bond acceptors (Lipinski definition) is 4. The van der Waals surface area contributed by atoms with Crippen molar-refractivity contribution in [3.63, 3.8) is 0 Å². The number of carboxylic acid groups (broad SMARTS) is 1. The van der Waals surface area contributed by atoms with Crippen molar-refractivity contribution in [3.05, 3.63) is 9.98 Å². The molecule has 15 heavy (non-hydrogen) atoms. The minimum absolute atomic E-state index is 0.260. The first kappa shape index (κ1) is 10.6. The van der Waals surface area contributed by atoms with Crippen LogP contribution in [-0.4, -0.2) is 22.0 Å². The summed E-state index contributed by atoms with van der Waals surface area (Å²) in [6.45, 7) is 0. The number of carboxylic acids is 1. The number of hydrogen-bond donors (Lipinski definition) is 2. The molecule has 1 aliphatic rings. The van der Waals surface area contributed by atoms with Crippen molar-refractivity contribution in [2.45, 2.75) is 6.42 Å². The molecule has 1 amide bonds. The molecule has 0 aliphatic heterocycles. The topological polar surface area (TPSA) is 79.3 Å². The average Bonchev–Trinajstić information content (AvgIpc) is 2.86. The van der Waals surface area contributed by atoms with E-state index in [9.17, 15) is 9.59 Å². The molecular formula is C8H7BrN2O3S. The Morgan fingerprint density at radius 2 is 2.33 bits per heavy atom. The minimum Gasteiger partial charge on any atom is -0.481 e. The van der Waals surface area contributed by atoms with Crippen molar-refractivity contribution in [1.29, 1.82) is 0 Å². The first-order chi connectivity index (χ1) is 7.08. The third-order valence-electron chi connectivity index (χ3n) is 2.15. The molecule has 7 heteroatoms. The number of amides is 1. The largest absolute Gasteiger partial charge is 0.481 e. The highest BCUT2D eigenvalue weighted by Crippen LogP contribution is 2.39. The van der Waals surface area contributed by atoms with Gasteiger partial charge >= 0.3 is 5.97 Å². The second-order valence-electron chi connectivity index (χ2n) is 3.25. The van der Waals surface area contributed by atoms with Gasteiger partial charge in [-0.25, -0.2) is 4.98 Å². The zero-order valence-corrected chi connectivity index (χ0v) is 9.84. The highest BCUT2D eigenvalue weighted by Gasteiger charge is 2.48. The van der Waals surface area contributed by atoms with Crippen molar-refractivity contribution in [3.8, 4) is 0 Å². The highest BCUT2D eigenvalue weighted by atomic mass is 79.9. The smallest absolute Gasteiger partial charge is 0.307 e. The third kappa shape index (κ3) is 2.35. The Morgan fingerprint density at radius 3 is 2.80 bits per heavy atom. The van der Waals surface area contributed by atoms with E-state index in [4.69, 9.17) is 5.11 Å². The van der Waals surface area contributed by atoms with Crippen LogP contribution in [0.4, 0.5) is 5.13 Å². The quantitative estimate of drug-likeness (QED) is 0.886. The van der Waals surface area contributed by atoms with Crippen molar-refractivity contribution in [2.75, 3.05) is 5.32 Å². The van der Waals surface area contributed by atoms with Gasteiger partial charge in [-0.15, -0.1) is 0 Å². The molecule has 0 bridgehead atoms. The summed E-state index contributed by atoms with van der Waals surface area (Å²) in [6.07, 6.45) is 2.01. The fourth-order valence-electron chi connectivity index (χ4n) is 1.27. The molecule has 5 nitrogen and oxygen atoms in total. The maximum absolute atomic E-state index is 11.5. The Hall–Kier alpha value is -0.950. The Bertz CT molecular complexity index is 420. The summed E-state index contributed by atoms with van der Waals surface area (Å²) in [6, 6.07) is 0. The SMILES string of the molecule is O=C(O)C1CC1C(=O)Nc1ncc(Br)s1. The molecule has 2 rings (SSSR count). The van der Waals surface area contributed by atoms with Crippen LogP contribution in [0.3, 0.4) is 0 Å². The lowest BCUT2D eigenvalue weighted by Crippen LogP contribution is -2.16. The molecule has 2 unspecified atom stereocenters. The molecular weight excluding hydrogens is 284 g/mol. The van der Waals surface area contributed by atoms with Gasteiger partial charge in [-0.1, -0.05) is 11.3 Å². The van der Waals surface area contributed by atoms with Crippen molar-refractivity contribution in [2.24, 2.45) is 11.8 Å². The molecule has 0 aromatic carbocycles. The molecule has 1 aromatic heterocycles. The number of halogens is 1. The molecule has 1 fully saturated rings. The van der Waals surface area contributed by atoms with Crippen LogP contribution in [0.15, 0.2) is 9.98 Å². The average molecular weight is 291 g/mol. The van der Waals surface area contributed by atoms with Crippen LogP contribution >= 0.6 is 27.3 Å².